The molecule has 8 nitrogen and oxygen atoms in total. The summed E-state index contributed by atoms with van der Waals surface area (Å²) in [5, 5.41) is 10.6. The third-order valence-electron chi connectivity index (χ3n) is 5.12. The maximum Gasteiger partial charge on any atom is 0.270 e. The summed E-state index contributed by atoms with van der Waals surface area (Å²) in [4.78, 5) is 25.7. The molecule has 3 aromatic heterocycles. The molecule has 4 rings (SSSR count). The molecule has 32 heavy (non-hydrogen) atoms. The van der Waals surface area contributed by atoms with Gasteiger partial charge in [-0.15, -0.1) is 5.10 Å². The molecule has 0 spiro atoms. The number of nitrogens with one attached hydrogen (secondary N) is 2. The first-order valence-corrected chi connectivity index (χ1v) is 10.5. The van der Waals surface area contributed by atoms with Crippen LogP contribution in [0.25, 0.3) is 5.78 Å². The van der Waals surface area contributed by atoms with Gasteiger partial charge in [0.05, 0.1) is 0 Å². The molecule has 2 N–H and O–H groups in total. The van der Waals surface area contributed by atoms with Gasteiger partial charge >= 0.3 is 0 Å². The van der Waals surface area contributed by atoms with E-state index >= 15 is 0 Å². The zero-order valence-corrected chi connectivity index (χ0v) is 18.8. The van der Waals surface area contributed by atoms with Crippen LogP contribution in [0.2, 0.25) is 0 Å². The van der Waals surface area contributed by atoms with Crippen LogP contribution in [-0.2, 0) is 18.5 Å². The molecule has 8 heteroatoms. The largest absolute Gasteiger partial charge is 0.349 e. The Morgan fingerprint density at radius 1 is 1.03 bits per heavy atom. The molecule has 1 aromatic carbocycles. The van der Waals surface area contributed by atoms with Gasteiger partial charge in [0.1, 0.15) is 5.69 Å². The molecule has 0 bridgehead atoms. The number of nitrogens with zero attached hydrogens (tertiary/aromatic N) is 5. The summed E-state index contributed by atoms with van der Waals surface area (Å²) in [6, 6.07) is 13.9. The maximum absolute atomic E-state index is 12.8. The van der Waals surface area contributed by atoms with E-state index in [0.717, 1.165) is 11.1 Å². The van der Waals surface area contributed by atoms with Crippen molar-refractivity contribution in [2.45, 2.75) is 46.2 Å². The highest BCUT2D eigenvalue weighted by molar-refractivity contribution is 5.93. The zero-order chi connectivity index (χ0) is 22.7. The molecule has 0 atom stereocenters. The van der Waals surface area contributed by atoms with Crippen LogP contribution in [0.4, 0.5) is 5.95 Å². The lowest BCUT2D eigenvalue weighted by Gasteiger charge is -2.19. The molecule has 0 aliphatic heterocycles. The SMILES string of the molecule is Cc1cc(C(=O)NCc2cccnc2)n2nc(NCc3ccc(C(C)(C)C)cc3)nc2n1. The maximum atomic E-state index is 12.8. The summed E-state index contributed by atoms with van der Waals surface area (Å²) in [7, 11) is 0. The standard InChI is InChI=1S/C24H27N7O/c1-16-12-20(21(32)26-15-18-6-5-11-25-13-18)31-23(28-16)29-22(30-31)27-14-17-7-9-19(10-8-17)24(2,3)4/h5-13H,14-15H2,1-4H3,(H,26,32)(H,27,30). The number of rotatable bonds is 6. The first-order valence-electron chi connectivity index (χ1n) is 10.5. The van der Waals surface area contributed by atoms with Gasteiger partial charge in [-0.3, -0.25) is 9.78 Å². The average molecular weight is 430 g/mol. The lowest BCUT2D eigenvalue weighted by Crippen LogP contribution is -2.25. The Morgan fingerprint density at radius 2 is 1.81 bits per heavy atom. The second kappa shape index (κ2) is 8.74. The van der Waals surface area contributed by atoms with Gasteiger partial charge in [0.25, 0.3) is 11.7 Å². The van der Waals surface area contributed by atoms with Gasteiger partial charge < -0.3 is 10.6 Å². The van der Waals surface area contributed by atoms with Crippen LogP contribution >= 0.6 is 0 Å². The fourth-order valence-corrected chi connectivity index (χ4v) is 3.30. The van der Waals surface area contributed by atoms with Crippen LogP contribution in [0.3, 0.4) is 0 Å². The predicted molar refractivity (Wildman–Crippen MR) is 123 cm³/mol. The number of pyridine rings is 1. The van der Waals surface area contributed by atoms with Crippen LogP contribution in [0.1, 0.15) is 53.6 Å². The number of hydrogen-bond donors (Lipinski definition) is 2. The van der Waals surface area contributed by atoms with Gasteiger partial charge in [0.2, 0.25) is 5.95 Å². The van der Waals surface area contributed by atoms with E-state index in [-0.39, 0.29) is 11.3 Å². The van der Waals surface area contributed by atoms with E-state index in [1.54, 1.807) is 18.5 Å². The Kier molecular flexibility index (Phi) is 5.85. The lowest BCUT2D eigenvalue weighted by molar-refractivity contribution is 0.0943. The molecular formula is C24H27N7O. The zero-order valence-electron chi connectivity index (χ0n) is 18.8. The number of aromatic nitrogens is 5. The van der Waals surface area contributed by atoms with E-state index in [1.807, 2.05) is 19.1 Å². The molecule has 0 fully saturated rings. The van der Waals surface area contributed by atoms with Crippen molar-refractivity contribution in [2.75, 3.05) is 5.32 Å². The van der Waals surface area contributed by atoms with E-state index in [1.165, 1.54) is 10.1 Å². The second-order valence-electron chi connectivity index (χ2n) is 8.77. The Labute approximate surface area is 187 Å². The molecule has 0 unspecified atom stereocenters. The van der Waals surface area contributed by atoms with Crippen LogP contribution < -0.4 is 10.6 Å². The highest BCUT2D eigenvalue weighted by Gasteiger charge is 2.16. The van der Waals surface area contributed by atoms with Crippen molar-refractivity contribution in [3.63, 3.8) is 0 Å². The molecular weight excluding hydrogens is 402 g/mol. The van der Waals surface area contributed by atoms with E-state index in [9.17, 15) is 4.79 Å². The number of carbonyl (C=O) groups is 1. The van der Waals surface area contributed by atoms with Gasteiger partial charge in [-0.25, -0.2) is 4.98 Å². The highest BCUT2D eigenvalue weighted by atomic mass is 16.2. The number of benzene rings is 1. The van der Waals surface area contributed by atoms with E-state index in [4.69, 9.17) is 0 Å². The molecule has 0 radical (unpaired) electrons. The number of carbonyl (C=O) groups excluding carboxylic acids is 1. The fraction of sp³-hybridized carbons (Fsp3) is 0.292. The van der Waals surface area contributed by atoms with Crippen molar-refractivity contribution >= 4 is 17.6 Å². The normalized spacial score (nSPS) is 11.5. The van der Waals surface area contributed by atoms with Crippen molar-refractivity contribution in [2.24, 2.45) is 0 Å². The minimum Gasteiger partial charge on any atom is -0.349 e. The summed E-state index contributed by atoms with van der Waals surface area (Å²) in [5.41, 5.74) is 4.52. The number of fused-ring (bicyclic) bond motifs is 1. The molecule has 164 valence electrons. The molecule has 3 heterocycles. The molecule has 0 aliphatic carbocycles. The van der Waals surface area contributed by atoms with Crippen LogP contribution in [0, 0.1) is 6.92 Å². The molecule has 0 saturated carbocycles. The number of aryl methyl sites for hydroxylation is 1. The fourth-order valence-electron chi connectivity index (χ4n) is 3.30. The number of amides is 1. The first kappa shape index (κ1) is 21.4. The highest BCUT2D eigenvalue weighted by Crippen LogP contribution is 2.22. The Balaban J connectivity index is 1.49. The number of hydrogen-bond acceptors (Lipinski definition) is 6. The topological polar surface area (TPSA) is 97.1 Å². The Bertz CT molecular complexity index is 1230. The molecule has 0 saturated heterocycles. The third kappa shape index (κ3) is 4.91. The van der Waals surface area contributed by atoms with Gasteiger partial charge in [0.15, 0.2) is 0 Å². The summed E-state index contributed by atoms with van der Waals surface area (Å²) in [6.07, 6.45) is 3.42. The summed E-state index contributed by atoms with van der Waals surface area (Å²) in [6.45, 7) is 9.36. The van der Waals surface area contributed by atoms with Gasteiger partial charge in [-0.05, 0) is 41.2 Å². The monoisotopic (exact) mass is 429 g/mol. The number of anilines is 1. The van der Waals surface area contributed by atoms with Gasteiger partial charge in [0, 0.05) is 31.2 Å². The van der Waals surface area contributed by atoms with Crippen molar-refractivity contribution in [3.05, 3.63) is 82.9 Å². The first-order chi connectivity index (χ1) is 15.3. The van der Waals surface area contributed by atoms with Crippen LogP contribution in [0.5, 0.6) is 0 Å². The lowest BCUT2D eigenvalue weighted by atomic mass is 9.87. The quantitative estimate of drug-likeness (QED) is 0.485. The smallest absolute Gasteiger partial charge is 0.270 e. The summed E-state index contributed by atoms with van der Waals surface area (Å²) in [5.74, 6) is 0.546. The third-order valence-corrected chi connectivity index (χ3v) is 5.12. The van der Waals surface area contributed by atoms with Crippen molar-refractivity contribution in [1.29, 1.82) is 0 Å². The molecule has 0 aliphatic rings. The van der Waals surface area contributed by atoms with E-state index in [0.29, 0.717) is 36.2 Å². The second-order valence-corrected chi connectivity index (χ2v) is 8.77. The van der Waals surface area contributed by atoms with Crippen molar-refractivity contribution in [3.8, 4) is 0 Å². The molecule has 4 aromatic rings. The average Bonchev–Trinajstić information content (AvgIpc) is 3.18. The summed E-state index contributed by atoms with van der Waals surface area (Å²) < 4.78 is 1.47. The van der Waals surface area contributed by atoms with Crippen LogP contribution in [-0.4, -0.2) is 30.5 Å². The Morgan fingerprint density at radius 3 is 2.50 bits per heavy atom. The van der Waals surface area contributed by atoms with Crippen molar-refractivity contribution < 1.29 is 4.79 Å². The Hall–Kier alpha value is -3.81. The minimum atomic E-state index is -0.251. The van der Waals surface area contributed by atoms with Gasteiger partial charge in [-0.1, -0.05) is 51.1 Å². The van der Waals surface area contributed by atoms with Crippen LogP contribution in [0.15, 0.2) is 54.9 Å². The van der Waals surface area contributed by atoms with E-state index < -0.39 is 0 Å². The van der Waals surface area contributed by atoms with Crippen molar-refractivity contribution in [1.82, 2.24) is 29.9 Å². The summed E-state index contributed by atoms with van der Waals surface area (Å²) >= 11 is 0. The van der Waals surface area contributed by atoms with Gasteiger partial charge in [-0.2, -0.15) is 9.50 Å². The minimum absolute atomic E-state index is 0.118. The van der Waals surface area contributed by atoms with E-state index in [2.05, 4.69) is 75.7 Å². The molecule has 1 amide bonds. The predicted octanol–water partition coefficient (Wildman–Crippen LogP) is 3.67.